The first-order chi connectivity index (χ1) is 33.9. The summed E-state index contributed by atoms with van der Waals surface area (Å²) in [5.74, 6) is -14.3. The molecule has 10 N–H and O–H groups in total. The largest absolute Gasteiger partial charge is 0.497 e. The number of hydrogen-bond acceptors (Lipinski definition) is 12. The number of aryl methyl sites for hydroxylation is 1. The SMILES string of the molecule is COc1cccc(CNC(=O)C(=O)[C@H](CC(F)(F)F)NC(=O)[C@H](CC(C)C)NC(=O)[C@@H](NC(=O)[C@H](Cc2ccccc2C)NC(=O)[C@H](CCC(=O)O)NC(=O)[C@H](CC(=O)O)NC(=O)CCC(=O)O)C(C)(C)C)c1. The molecular weight excluding hydrogens is 972 g/mol. The highest BCUT2D eigenvalue weighted by molar-refractivity contribution is 6.38. The number of rotatable bonds is 29. The fourth-order valence-electron chi connectivity index (χ4n) is 7.02. The number of alkyl halides is 3. The highest BCUT2D eigenvalue weighted by Crippen LogP contribution is 2.24. The number of ketones is 1. The predicted molar refractivity (Wildman–Crippen MR) is 252 cm³/mol. The normalized spacial score (nSPS) is 13.8. The van der Waals surface area contributed by atoms with E-state index in [0.29, 0.717) is 22.4 Å². The summed E-state index contributed by atoms with van der Waals surface area (Å²) in [4.78, 5) is 143. The molecule has 0 saturated heterocycles. The summed E-state index contributed by atoms with van der Waals surface area (Å²) in [7, 11) is 1.39. The van der Waals surface area contributed by atoms with Crippen LogP contribution in [-0.2, 0) is 65.7 Å². The zero-order valence-corrected chi connectivity index (χ0v) is 41.4. The molecule has 0 heterocycles. The maximum Gasteiger partial charge on any atom is 0.391 e. The number of aliphatic carboxylic acids is 3. The van der Waals surface area contributed by atoms with Crippen LogP contribution in [0.2, 0.25) is 0 Å². The summed E-state index contributed by atoms with van der Waals surface area (Å²) < 4.78 is 46.7. The van der Waals surface area contributed by atoms with Gasteiger partial charge in [-0.1, -0.05) is 71.0 Å². The Balaban J connectivity index is 2.49. The second-order valence-corrected chi connectivity index (χ2v) is 18.6. The molecular formula is C48H64F3N7O15. The number of halogens is 3. The van der Waals surface area contributed by atoms with Crippen molar-refractivity contribution in [1.82, 2.24) is 37.2 Å². The van der Waals surface area contributed by atoms with Gasteiger partial charge in [-0.2, -0.15) is 13.2 Å². The van der Waals surface area contributed by atoms with E-state index in [1.165, 1.54) is 33.9 Å². The first kappa shape index (κ1) is 61.5. The summed E-state index contributed by atoms with van der Waals surface area (Å²) in [5.41, 5.74) is 0.332. The minimum Gasteiger partial charge on any atom is -0.497 e. The van der Waals surface area contributed by atoms with Gasteiger partial charge in [0, 0.05) is 25.8 Å². The average molecular weight is 1040 g/mol. The lowest BCUT2D eigenvalue weighted by Crippen LogP contribution is -2.62. The van der Waals surface area contributed by atoms with Crippen LogP contribution in [0.1, 0.15) is 96.3 Å². The molecule has 6 atom stereocenters. The second-order valence-electron chi connectivity index (χ2n) is 18.6. The van der Waals surface area contributed by atoms with Crippen molar-refractivity contribution >= 4 is 65.0 Å². The van der Waals surface area contributed by atoms with Crippen molar-refractivity contribution in [2.45, 2.75) is 142 Å². The van der Waals surface area contributed by atoms with Crippen LogP contribution in [0, 0.1) is 18.3 Å². The maximum absolute atomic E-state index is 14.4. The lowest BCUT2D eigenvalue weighted by molar-refractivity contribution is -0.154. The number of carbonyl (C=O) groups is 11. The summed E-state index contributed by atoms with van der Waals surface area (Å²) in [6.45, 7) is 9.17. The van der Waals surface area contributed by atoms with E-state index in [0.717, 1.165) is 0 Å². The van der Waals surface area contributed by atoms with Crippen LogP contribution in [0.25, 0.3) is 0 Å². The Bertz CT molecular complexity index is 2340. The van der Waals surface area contributed by atoms with Gasteiger partial charge in [0.2, 0.25) is 41.2 Å². The fraction of sp³-hybridized carbons (Fsp3) is 0.521. The van der Waals surface area contributed by atoms with Gasteiger partial charge in [-0.05, 0) is 59.9 Å². The molecule has 0 radical (unpaired) electrons. The summed E-state index contributed by atoms with van der Waals surface area (Å²) in [5, 5.41) is 43.8. The monoisotopic (exact) mass is 1040 g/mol. The molecule has 7 amide bonds. The van der Waals surface area contributed by atoms with Crippen molar-refractivity contribution in [2.75, 3.05) is 7.11 Å². The number of carboxylic acid groups (broad SMARTS) is 3. The molecule has 402 valence electrons. The standard InChI is InChI=1S/C48H64F3N7O15/c1-25(2)19-31(42(68)57-34(23-48(49,50)51)39(66)45(71)52-24-27-12-10-14-29(20-27)73-7)56-46(72)40(47(4,5)6)58-44(70)32(21-28-13-9-8-11-26(28)3)55-41(67)30(15-17-36(60)61)54-43(69)33(22-38(64)65)53-35(59)16-18-37(62)63/h8-14,20,25,30-34,40H,15-19,21-24H2,1-7H3,(H,52,71)(H,53,59)(H,54,69)(H,55,67)(H,56,72)(H,57,68)(H,58,70)(H,60,61)(H,62,63)(H,64,65)/t30-,31-,32-,33-,34-,40+/m0/s1. The smallest absolute Gasteiger partial charge is 0.391 e. The number of nitrogens with one attached hydrogen (secondary N) is 7. The Morgan fingerprint density at radius 3 is 1.75 bits per heavy atom. The molecule has 2 aromatic carbocycles. The van der Waals surface area contributed by atoms with E-state index in [1.54, 1.807) is 63.2 Å². The Kier molecular flexibility index (Phi) is 24.0. The highest BCUT2D eigenvalue weighted by Gasteiger charge is 2.42. The van der Waals surface area contributed by atoms with Gasteiger partial charge in [0.15, 0.2) is 0 Å². The van der Waals surface area contributed by atoms with E-state index in [-0.39, 0.29) is 19.4 Å². The van der Waals surface area contributed by atoms with Crippen LogP contribution >= 0.6 is 0 Å². The molecule has 0 aliphatic rings. The van der Waals surface area contributed by atoms with E-state index in [1.807, 2.05) is 5.32 Å². The summed E-state index contributed by atoms with van der Waals surface area (Å²) in [6, 6.07) is 1.89. The third-order valence-corrected chi connectivity index (χ3v) is 10.8. The number of Topliss-reactive ketones (excluding diaryl/α,β-unsaturated/α-hetero) is 1. The van der Waals surface area contributed by atoms with E-state index in [9.17, 15) is 76.1 Å². The molecule has 2 rings (SSSR count). The van der Waals surface area contributed by atoms with Gasteiger partial charge >= 0.3 is 24.1 Å². The van der Waals surface area contributed by atoms with Crippen molar-refractivity contribution in [3.05, 3.63) is 65.2 Å². The number of carbonyl (C=O) groups excluding carboxylic acids is 8. The first-order valence-electron chi connectivity index (χ1n) is 22.9. The van der Waals surface area contributed by atoms with E-state index >= 15 is 0 Å². The number of ether oxygens (including phenoxy) is 1. The van der Waals surface area contributed by atoms with Gasteiger partial charge < -0.3 is 57.3 Å². The molecule has 0 bridgehead atoms. The van der Waals surface area contributed by atoms with E-state index < -0.39 is 157 Å². The topological polar surface area (TPSA) is 342 Å². The predicted octanol–water partition coefficient (Wildman–Crippen LogP) is 1.59. The Morgan fingerprint density at radius 1 is 0.630 bits per heavy atom. The molecule has 22 nitrogen and oxygen atoms in total. The minimum absolute atomic E-state index is 0.216. The zero-order valence-electron chi connectivity index (χ0n) is 41.4. The van der Waals surface area contributed by atoms with Crippen LogP contribution in [0.15, 0.2) is 48.5 Å². The van der Waals surface area contributed by atoms with Crippen molar-refractivity contribution < 1.29 is 86.0 Å². The van der Waals surface area contributed by atoms with Crippen LogP contribution in [-0.4, -0.2) is 130 Å². The lowest BCUT2D eigenvalue weighted by atomic mass is 9.85. The van der Waals surface area contributed by atoms with E-state index in [2.05, 4.69) is 31.9 Å². The molecule has 25 heteroatoms. The molecule has 0 spiro atoms. The second kappa shape index (κ2) is 28.4. The number of amides is 7. The molecule has 0 aromatic heterocycles. The van der Waals surface area contributed by atoms with Crippen LogP contribution in [0.3, 0.4) is 0 Å². The quantitative estimate of drug-likeness (QED) is 0.0518. The number of carboxylic acids is 3. The van der Waals surface area contributed by atoms with Gasteiger partial charge in [0.25, 0.3) is 5.91 Å². The minimum atomic E-state index is -5.06. The number of benzene rings is 2. The van der Waals surface area contributed by atoms with Gasteiger partial charge in [-0.15, -0.1) is 0 Å². The van der Waals surface area contributed by atoms with Gasteiger partial charge in [-0.25, -0.2) is 0 Å². The van der Waals surface area contributed by atoms with Crippen LogP contribution < -0.4 is 42.0 Å². The Labute approximate surface area is 418 Å². The average Bonchev–Trinajstić information content (AvgIpc) is 3.28. The summed E-state index contributed by atoms with van der Waals surface area (Å²) in [6.07, 6.45) is -11.2. The lowest BCUT2D eigenvalue weighted by Gasteiger charge is -2.34. The first-order valence-corrected chi connectivity index (χ1v) is 22.9. The van der Waals surface area contributed by atoms with Crippen LogP contribution in [0.5, 0.6) is 5.75 Å². The molecule has 0 aliphatic heterocycles. The third kappa shape index (κ3) is 22.6. The molecule has 0 aliphatic carbocycles. The number of hydrogen-bond donors (Lipinski definition) is 10. The Hall–Kier alpha value is -7.60. The van der Waals surface area contributed by atoms with E-state index in [4.69, 9.17) is 9.84 Å². The van der Waals surface area contributed by atoms with Gasteiger partial charge in [-0.3, -0.25) is 52.7 Å². The summed E-state index contributed by atoms with van der Waals surface area (Å²) >= 11 is 0. The molecule has 0 fully saturated rings. The van der Waals surface area contributed by atoms with Crippen molar-refractivity contribution in [3.63, 3.8) is 0 Å². The maximum atomic E-state index is 14.4. The zero-order chi connectivity index (χ0) is 55.4. The molecule has 0 unspecified atom stereocenters. The Morgan fingerprint density at radius 2 is 1.19 bits per heavy atom. The molecule has 73 heavy (non-hydrogen) atoms. The fourth-order valence-corrected chi connectivity index (χ4v) is 7.02. The van der Waals surface area contributed by atoms with Crippen molar-refractivity contribution in [2.24, 2.45) is 11.3 Å². The van der Waals surface area contributed by atoms with Crippen molar-refractivity contribution in [1.29, 1.82) is 0 Å². The third-order valence-electron chi connectivity index (χ3n) is 10.8. The van der Waals surface area contributed by atoms with Gasteiger partial charge in [0.1, 0.15) is 42.0 Å². The molecule has 0 saturated carbocycles. The van der Waals surface area contributed by atoms with Crippen LogP contribution in [0.4, 0.5) is 13.2 Å². The number of methoxy groups -OCH3 is 1. The van der Waals surface area contributed by atoms with Crippen molar-refractivity contribution in [3.8, 4) is 5.75 Å². The molecule has 2 aromatic rings. The highest BCUT2D eigenvalue weighted by atomic mass is 19.4. The van der Waals surface area contributed by atoms with Gasteiger partial charge in [0.05, 0.1) is 26.4 Å².